The van der Waals surface area contributed by atoms with Gasteiger partial charge in [0.1, 0.15) is 11.5 Å². The highest BCUT2D eigenvalue weighted by Gasteiger charge is 2.41. The van der Waals surface area contributed by atoms with Crippen molar-refractivity contribution in [1.82, 2.24) is 4.90 Å². The zero-order valence-electron chi connectivity index (χ0n) is 19.6. The van der Waals surface area contributed by atoms with Crippen LogP contribution >= 0.6 is 11.8 Å². The van der Waals surface area contributed by atoms with E-state index in [1.165, 1.54) is 11.8 Å². The number of carbonyl (C=O) groups excluding carboxylic acids is 2. The molecule has 0 saturated carbocycles. The molecule has 0 radical (unpaired) electrons. The van der Waals surface area contributed by atoms with E-state index < -0.39 is 17.5 Å². The third-order valence-electron chi connectivity index (χ3n) is 5.20. The molecule has 2 atom stereocenters. The largest absolute Gasteiger partial charge is 0.509 e. The van der Waals surface area contributed by atoms with E-state index >= 15 is 0 Å². The Kier molecular flexibility index (Phi) is 8.46. The number of likely N-dealkylation sites (N-methyl/N-ethyl adjacent to an activating group) is 1. The highest BCUT2D eigenvalue weighted by atomic mass is 32.2. The number of hydrogen-bond acceptors (Lipinski definition) is 8. The van der Waals surface area contributed by atoms with Gasteiger partial charge in [0.15, 0.2) is 0 Å². The van der Waals surface area contributed by atoms with E-state index in [1.54, 1.807) is 26.0 Å². The molecule has 0 N–H and O–H groups in total. The van der Waals surface area contributed by atoms with Gasteiger partial charge in [-0.05, 0) is 56.9 Å². The highest BCUT2D eigenvalue weighted by molar-refractivity contribution is 7.99. The van der Waals surface area contributed by atoms with Gasteiger partial charge in [-0.1, -0.05) is 12.1 Å². The average Bonchev–Trinajstić information content (AvgIpc) is 2.92. The summed E-state index contributed by atoms with van der Waals surface area (Å²) in [4.78, 5) is 30.7. The van der Waals surface area contributed by atoms with Crippen molar-refractivity contribution in [3.05, 3.63) is 48.0 Å². The summed E-state index contributed by atoms with van der Waals surface area (Å²) in [6, 6.07) is 13.0. The molecule has 1 aliphatic rings. The lowest BCUT2D eigenvalue weighted by atomic mass is 10.1. The smallest absolute Gasteiger partial charge is 0.497 e. The summed E-state index contributed by atoms with van der Waals surface area (Å²) in [7, 11) is 7.08. The molecule has 2 aromatic rings. The van der Waals surface area contributed by atoms with Crippen LogP contribution in [0.3, 0.4) is 0 Å². The Morgan fingerprint density at radius 1 is 1.06 bits per heavy atom. The summed E-state index contributed by atoms with van der Waals surface area (Å²) < 4.78 is 21.3. The van der Waals surface area contributed by atoms with Gasteiger partial charge in [0, 0.05) is 18.0 Å². The Labute approximate surface area is 198 Å². The molecule has 1 aliphatic heterocycles. The van der Waals surface area contributed by atoms with Crippen molar-refractivity contribution in [3.8, 4) is 11.5 Å². The zero-order chi connectivity index (χ0) is 24.0. The van der Waals surface area contributed by atoms with E-state index in [2.05, 4.69) is 0 Å². The van der Waals surface area contributed by atoms with Gasteiger partial charge in [-0.15, -0.1) is 11.8 Å². The minimum atomic E-state index is -1.08. The number of methoxy groups -OCH3 is 2. The molecule has 1 amide bonds. The number of rotatable bonds is 8. The van der Waals surface area contributed by atoms with Gasteiger partial charge < -0.3 is 28.7 Å². The monoisotopic (exact) mass is 474 g/mol. The Morgan fingerprint density at radius 3 is 2.33 bits per heavy atom. The van der Waals surface area contributed by atoms with Crippen LogP contribution in [0.15, 0.2) is 47.4 Å². The standard InChI is InChI=1S/C24H30N2O6S/c1-6-31-24(28)32-21-22(16-7-9-17(29-4)10-8-16)33-20-15-18(30-5)11-12-19(20)26(23(21)27)14-13-25(2)3/h7-12,15,21-22H,6,13-14H2,1-5H3/t21-,22+/m0/s1. The number of ether oxygens (including phenoxy) is 4. The maximum Gasteiger partial charge on any atom is 0.509 e. The molecule has 0 saturated heterocycles. The summed E-state index contributed by atoms with van der Waals surface area (Å²) in [6.07, 6.45) is -1.95. The number of amides is 1. The first-order chi connectivity index (χ1) is 15.9. The highest BCUT2D eigenvalue weighted by Crippen LogP contribution is 2.48. The van der Waals surface area contributed by atoms with Crippen molar-refractivity contribution >= 4 is 29.5 Å². The summed E-state index contributed by atoms with van der Waals surface area (Å²) in [5.74, 6) is 1.07. The summed E-state index contributed by atoms with van der Waals surface area (Å²) in [5.41, 5.74) is 1.58. The second-order valence-corrected chi connectivity index (χ2v) is 8.84. The maximum atomic E-state index is 13.8. The van der Waals surface area contributed by atoms with Gasteiger partial charge in [0.25, 0.3) is 5.91 Å². The van der Waals surface area contributed by atoms with E-state index in [1.807, 2.05) is 61.5 Å². The minimum absolute atomic E-state index is 0.155. The first-order valence-electron chi connectivity index (χ1n) is 10.7. The van der Waals surface area contributed by atoms with Gasteiger partial charge in [-0.2, -0.15) is 0 Å². The molecule has 0 aliphatic carbocycles. The first-order valence-corrected chi connectivity index (χ1v) is 11.5. The van der Waals surface area contributed by atoms with Crippen molar-refractivity contribution in [2.75, 3.05) is 52.9 Å². The first kappa shape index (κ1) is 24.7. The van der Waals surface area contributed by atoms with Crippen LogP contribution < -0.4 is 14.4 Å². The van der Waals surface area contributed by atoms with Crippen LogP contribution in [0, 0.1) is 0 Å². The number of anilines is 1. The Morgan fingerprint density at radius 2 is 1.73 bits per heavy atom. The SMILES string of the molecule is CCOC(=O)O[C@@H]1C(=O)N(CCN(C)C)c2ccc(OC)cc2S[C@@H]1c1ccc(OC)cc1. The fraction of sp³-hybridized carbons (Fsp3) is 0.417. The third-order valence-corrected chi connectivity index (χ3v) is 6.55. The van der Waals surface area contributed by atoms with E-state index in [0.29, 0.717) is 24.6 Å². The van der Waals surface area contributed by atoms with Crippen molar-refractivity contribution in [2.45, 2.75) is 23.2 Å². The molecule has 0 fully saturated rings. The minimum Gasteiger partial charge on any atom is -0.497 e. The Bertz CT molecular complexity index is 966. The van der Waals surface area contributed by atoms with Crippen molar-refractivity contribution in [1.29, 1.82) is 0 Å². The normalized spacial score (nSPS) is 17.9. The van der Waals surface area contributed by atoms with Crippen LogP contribution in [0.2, 0.25) is 0 Å². The fourth-order valence-corrected chi connectivity index (χ4v) is 4.82. The summed E-state index contributed by atoms with van der Waals surface area (Å²) >= 11 is 1.45. The molecule has 9 heteroatoms. The molecule has 178 valence electrons. The number of thioether (sulfide) groups is 1. The number of hydrogen-bond donors (Lipinski definition) is 0. The van der Waals surface area contributed by atoms with Gasteiger partial charge >= 0.3 is 6.16 Å². The quantitative estimate of drug-likeness (QED) is 0.532. The summed E-state index contributed by atoms with van der Waals surface area (Å²) in [5, 5.41) is -0.497. The summed E-state index contributed by atoms with van der Waals surface area (Å²) in [6.45, 7) is 2.92. The Balaban J connectivity index is 2.10. The van der Waals surface area contributed by atoms with Crippen LogP contribution in [0.25, 0.3) is 0 Å². The van der Waals surface area contributed by atoms with Gasteiger partial charge in [0.2, 0.25) is 6.10 Å². The molecule has 0 bridgehead atoms. The lowest BCUT2D eigenvalue weighted by molar-refractivity contribution is -0.128. The number of benzene rings is 2. The number of carbonyl (C=O) groups is 2. The molecule has 1 heterocycles. The molecular weight excluding hydrogens is 444 g/mol. The van der Waals surface area contributed by atoms with Crippen LogP contribution in [0.4, 0.5) is 10.5 Å². The van der Waals surface area contributed by atoms with E-state index in [4.69, 9.17) is 18.9 Å². The van der Waals surface area contributed by atoms with Crippen LogP contribution in [0.1, 0.15) is 17.7 Å². The van der Waals surface area contributed by atoms with Gasteiger partial charge in [-0.25, -0.2) is 4.79 Å². The fourth-order valence-electron chi connectivity index (χ4n) is 3.47. The van der Waals surface area contributed by atoms with Crippen LogP contribution in [-0.4, -0.2) is 71.1 Å². The van der Waals surface area contributed by atoms with E-state index in [-0.39, 0.29) is 12.5 Å². The lowest BCUT2D eigenvalue weighted by Gasteiger charge is -2.28. The van der Waals surface area contributed by atoms with Gasteiger partial charge in [0.05, 0.1) is 31.8 Å². The molecule has 8 nitrogen and oxygen atoms in total. The number of nitrogens with zero attached hydrogens (tertiary/aromatic N) is 2. The van der Waals surface area contributed by atoms with Crippen LogP contribution in [-0.2, 0) is 14.3 Å². The van der Waals surface area contributed by atoms with Crippen molar-refractivity contribution in [3.63, 3.8) is 0 Å². The molecule has 33 heavy (non-hydrogen) atoms. The van der Waals surface area contributed by atoms with Crippen LogP contribution in [0.5, 0.6) is 11.5 Å². The van der Waals surface area contributed by atoms with E-state index in [9.17, 15) is 9.59 Å². The second kappa shape index (κ2) is 11.3. The maximum absolute atomic E-state index is 13.8. The van der Waals surface area contributed by atoms with Gasteiger partial charge in [-0.3, -0.25) is 4.79 Å². The lowest BCUT2D eigenvalue weighted by Crippen LogP contribution is -2.45. The zero-order valence-corrected chi connectivity index (χ0v) is 20.4. The third kappa shape index (κ3) is 5.91. The van der Waals surface area contributed by atoms with E-state index in [0.717, 1.165) is 16.1 Å². The predicted octanol–water partition coefficient (Wildman–Crippen LogP) is 3.99. The predicted molar refractivity (Wildman–Crippen MR) is 127 cm³/mol. The molecule has 3 rings (SSSR count). The second-order valence-electron chi connectivity index (χ2n) is 7.66. The van der Waals surface area contributed by atoms with Crippen molar-refractivity contribution < 1.29 is 28.5 Å². The molecule has 0 aromatic heterocycles. The average molecular weight is 475 g/mol. The topological polar surface area (TPSA) is 77.5 Å². The molecule has 0 spiro atoms. The molecule has 0 unspecified atom stereocenters. The Hall–Kier alpha value is -2.91. The van der Waals surface area contributed by atoms with Crippen molar-refractivity contribution in [2.24, 2.45) is 0 Å². The molecule has 2 aromatic carbocycles. The molecular formula is C24H30N2O6S. The number of fused-ring (bicyclic) bond motifs is 1.